The van der Waals surface area contributed by atoms with Crippen LogP contribution in [-0.4, -0.2) is 38.7 Å². The van der Waals surface area contributed by atoms with Gasteiger partial charge in [-0.25, -0.2) is 14.1 Å². The molecule has 4 rings (SSSR count). The number of thiophene rings is 1. The molecule has 0 saturated carbocycles. The Morgan fingerprint density at radius 1 is 1.33 bits per heavy atom. The number of aromatic nitrogens is 3. The number of fused-ring (bicyclic) bond motifs is 1. The first-order chi connectivity index (χ1) is 11.6. The molecule has 7 heteroatoms. The third-order valence-corrected chi connectivity index (χ3v) is 5.90. The van der Waals surface area contributed by atoms with Crippen molar-refractivity contribution >= 4 is 27.3 Å². The van der Waals surface area contributed by atoms with Gasteiger partial charge in [-0.3, -0.25) is 4.79 Å². The molecule has 3 aromatic rings. The lowest BCUT2D eigenvalue weighted by Gasteiger charge is -2.31. The molecule has 0 spiro atoms. The zero-order valence-corrected chi connectivity index (χ0v) is 14.1. The molecular formula is C17H17FN4OS. The number of carbonyl (C=O) groups excluding carboxylic acids is 1. The summed E-state index contributed by atoms with van der Waals surface area (Å²) in [6.07, 6.45) is 4.97. The molecule has 0 unspecified atom stereocenters. The standard InChI is InChI=1S/C17H17FN4OS/c1-11-15-13(18)3-2-4-14(15)24-16(11)17(23)21-7-5-12(6-8-21)22-10-19-9-20-22/h2-4,9-10,12H,5-8H2,1H3. The van der Waals surface area contributed by atoms with E-state index in [-0.39, 0.29) is 17.8 Å². The van der Waals surface area contributed by atoms with Crippen molar-refractivity contribution in [2.75, 3.05) is 13.1 Å². The molecule has 1 aliphatic heterocycles. The second-order valence-corrected chi connectivity index (χ2v) is 7.12. The third kappa shape index (κ3) is 2.49. The van der Waals surface area contributed by atoms with Crippen LogP contribution in [0.5, 0.6) is 0 Å². The fraction of sp³-hybridized carbons (Fsp3) is 0.353. The molecule has 0 atom stereocenters. The largest absolute Gasteiger partial charge is 0.338 e. The summed E-state index contributed by atoms with van der Waals surface area (Å²) in [6, 6.07) is 5.28. The second-order valence-electron chi connectivity index (χ2n) is 6.07. The molecule has 24 heavy (non-hydrogen) atoms. The van der Waals surface area contributed by atoms with Crippen molar-refractivity contribution < 1.29 is 9.18 Å². The van der Waals surface area contributed by atoms with Crippen LogP contribution in [0.1, 0.15) is 34.1 Å². The van der Waals surface area contributed by atoms with E-state index >= 15 is 0 Å². The highest BCUT2D eigenvalue weighted by Gasteiger charge is 2.27. The lowest BCUT2D eigenvalue weighted by Crippen LogP contribution is -2.39. The van der Waals surface area contributed by atoms with Crippen molar-refractivity contribution in [3.8, 4) is 0 Å². The van der Waals surface area contributed by atoms with E-state index in [0.29, 0.717) is 23.4 Å². The first-order valence-electron chi connectivity index (χ1n) is 7.96. The summed E-state index contributed by atoms with van der Waals surface area (Å²) in [5, 5.41) is 4.76. The van der Waals surface area contributed by atoms with Gasteiger partial charge in [0.1, 0.15) is 18.5 Å². The monoisotopic (exact) mass is 344 g/mol. The van der Waals surface area contributed by atoms with Crippen LogP contribution in [0.25, 0.3) is 10.1 Å². The molecule has 0 bridgehead atoms. The molecule has 0 radical (unpaired) electrons. The van der Waals surface area contributed by atoms with Gasteiger partial charge < -0.3 is 4.90 Å². The number of aryl methyl sites for hydroxylation is 1. The smallest absolute Gasteiger partial charge is 0.264 e. The zero-order chi connectivity index (χ0) is 16.7. The number of nitrogens with zero attached hydrogens (tertiary/aromatic N) is 4. The topological polar surface area (TPSA) is 51.0 Å². The lowest BCUT2D eigenvalue weighted by molar-refractivity contribution is 0.0694. The maximum atomic E-state index is 14.0. The van der Waals surface area contributed by atoms with E-state index in [1.807, 2.05) is 22.6 Å². The first-order valence-corrected chi connectivity index (χ1v) is 8.78. The summed E-state index contributed by atoms with van der Waals surface area (Å²) in [5.41, 5.74) is 0.747. The first kappa shape index (κ1) is 15.3. The molecule has 1 fully saturated rings. The minimum atomic E-state index is -0.259. The molecule has 2 aromatic heterocycles. The normalized spacial score (nSPS) is 16.0. The molecule has 1 aromatic carbocycles. The van der Waals surface area contributed by atoms with Gasteiger partial charge in [0, 0.05) is 23.2 Å². The SMILES string of the molecule is Cc1c(C(=O)N2CCC(n3cncn3)CC2)sc2cccc(F)c12. The van der Waals surface area contributed by atoms with Gasteiger partial charge in [0.05, 0.1) is 10.9 Å². The van der Waals surface area contributed by atoms with Crippen molar-refractivity contribution in [1.82, 2.24) is 19.7 Å². The second kappa shape index (κ2) is 5.98. The summed E-state index contributed by atoms with van der Waals surface area (Å²) in [5.74, 6) is -0.254. The fourth-order valence-electron chi connectivity index (χ4n) is 3.34. The molecule has 1 saturated heterocycles. The number of benzene rings is 1. The van der Waals surface area contributed by atoms with E-state index in [0.717, 1.165) is 23.1 Å². The number of hydrogen-bond donors (Lipinski definition) is 0. The van der Waals surface area contributed by atoms with Gasteiger partial charge >= 0.3 is 0 Å². The Kier molecular flexibility index (Phi) is 3.80. The van der Waals surface area contributed by atoms with Crippen LogP contribution in [0.2, 0.25) is 0 Å². The Morgan fingerprint density at radius 2 is 2.12 bits per heavy atom. The van der Waals surface area contributed by atoms with Crippen molar-refractivity contribution in [3.05, 3.63) is 47.1 Å². The molecule has 124 valence electrons. The Labute approximate surface area is 142 Å². The average Bonchev–Trinajstić information content (AvgIpc) is 3.23. The maximum absolute atomic E-state index is 14.0. The number of carbonyl (C=O) groups is 1. The minimum Gasteiger partial charge on any atom is -0.338 e. The number of hydrogen-bond acceptors (Lipinski definition) is 4. The Balaban J connectivity index is 1.55. The van der Waals surface area contributed by atoms with Gasteiger partial charge in [-0.2, -0.15) is 5.10 Å². The van der Waals surface area contributed by atoms with Crippen molar-refractivity contribution in [2.45, 2.75) is 25.8 Å². The number of amides is 1. The van der Waals surface area contributed by atoms with Crippen molar-refractivity contribution in [3.63, 3.8) is 0 Å². The highest BCUT2D eigenvalue weighted by Crippen LogP contribution is 2.34. The van der Waals surface area contributed by atoms with Gasteiger partial charge in [-0.1, -0.05) is 6.07 Å². The predicted molar refractivity (Wildman–Crippen MR) is 90.7 cm³/mol. The molecule has 0 N–H and O–H groups in total. The van der Waals surface area contributed by atoms with E-state index in [1.54, 1.807) is 12.4 Å². The average molecular weight is 344 g/mol. The van der Waals surface area contributed by atoms with E-state index < -0.39 is 0 Å². The van der Waals surface area contributed by atoms with Crippen LogP contribution in [0.3, 0.4) is 0 Å². The van der Waals surface area contributed by atoms with Crippen LogP contribution in [0, 0.1) is 12.7 Å². The molecule has 0 aliphatic carbocycles. The minimum absolute atomic E-state index is 0.00476. The molecule has 1 amide bonds. The van der Waals surface area contributed by atoms with E-state index in [4.69, 9.17) is 0 Å². The molecular weight excluding hydrogens is 327 g/mol. The van der Waals surface area contributed by atoms with E-state index in [1.165, 1.54) is 23.7 Å². The zero-order valence-electron chi connectivity index (χ0n) is 13.3. The van der Waals surface area contributed by atoms with Gasteiger partial charge in [-0.15, -0.1) is 11.3 Å². The number of likely N-dealkylation sites (tertiary alicyclic amines) is 1. The summed E-state index contributed by atoms with van der Waals surface area (Å²) in [4.78, 5) is 19.4. The Morgan fingerprint density at radius 3 is 2.79 bits per heavy atom. The summed E-state index contributed by atoms with van der Waals surface area (Å²) in [7, 11) is 0. The van der Waals surface area contributed by atoms with Gasteiger partial charge in [-0.05, 0) is 37.5 Å². The van der Waals surface area contributed by atoms with Crippen LogP contribution < -0.4 is 0 Å². The van der Waals surface area contributed by atoms with Gasteiger partial charge in [0.25, 0.3) is 5.91 Å². The Bertz CT molecular complexity index is 882. The molecule has 3 heterocycles. The molecule has 1 aliphatic rings. The highest BCUT2D eigenvalue weighted by atomic mass is 32.1. The van der Waals surface area contributed by atoms with Crippen molar-refractivity contribution in [1.29, 1.82) is 0 Å². The number of rotatable bonds is 2. The number of halogens is 1. The third-order valence-electron chi connectivity index (χ3n) is 4.66. The van der Waals surface area contributed by atoms with Crippen LogP contribution in [0.15, 0.2) is 30.9 Å². The van der Waals surface area contributed by atoms with E-state index in [2.05, 4.69) is 10.1 Å². The predicted octanol–water partition coefficient (Wildman–Crippen LogP) is 3.42. The van der Waals surface area contributed by atoms with Gasteiger partial charge in [0.2, 0.25) is 0 Å². The highest BCUT2D eigenvalue weighted by molar-refractivity contribution is 7.21. The number of piperidine rings is 1. The molecule has 5 nitrogen and oxygen atoms in total. The fourth-order valence-corrected chi connectivity index (χ4v) is 4.53. The summed E-state index contributed by atoms with van der Waals surface area (Å²) in [6.45, 7) is 3.19. The van der Waals surface area contributed by atoms with E-state index in [9.17, 15) is 9.18 Å². The van der Waals surface area contributed by atoms with Gasteiger partial charge in [0.15, 0.2) is 0 Å². The van der Waals surface area contributed by atoms with Crippen molar-refractivity contribution in [2.24, 2.45) is 0 Å². The Hall–Kier alpha value is -2.28. The summed E-state index contributed by atoms with van der Waals surface area (Å²) >= 11 is 1.38. The van der Waals surface area contributed by atoms with Crippen LogP contribution >= 0.6 is 11.3 Å². The summed E-state index contributed by atoms with van der Waals surface area (Å²) < 4.78 is 16.7. The quantitative estimate of drug-likeness (QED) is 0.716. The van der Waals surface area contributed by atoms with Crippen LogP contribution in [0.4, 0.5) is 4.39 Å². The van der Waals surface area contributed by atoms with Crippen LogP contribution in [-0.2, 0) is 0 Å². The maximum Gasteiger partial charge on any atom is 0.264 e. The lowest BCUT2D eigenvalue weighted by atomic mass is 10.0.